The largest absolute Gasteiger partial charge is 0.344 e. The first-order valence-electron chi connectivity index (χ1n) is 24.3. The predicted molar refractivity (Wildman–Crippen MR) is 297 cm³/mol. The van der Waals surface area contributed by atoms with E-state index in [-0.39, 0.29) is 6.17 Å². The highest BCUT2D eigenvalue weighted by Gasteiger charge is 2.23. The maximum absolute atomic E-state index is 5.16. The van der Waals surface area contributed by atoms with E-state index in [1.807, 2.05) is 78.9 Å². The molecule has 1 aromatic heterocycles. The Balaban J connectivity index is 0.913. The van der Waals surface area contributed by atoms with Crippen molar-refractivity contribution in [2.24, 2.45) is 9.98 Å². The van der Waals surface area contributed by atoms with Gasteiger partial charge in [-0.15, -0.1) is 0 Å². The van der Waals surface area contributed by atoms with Crippen LogP contribution in [0.5, 0.6) is 0 Å². The number of fused-ring (bicyclic) bond motifs is 3. The molecule has 0 aliphatic carbocycles. The van der Waals surface area contributed by atoms with E-state index in [9.17, 15) is 0 Å². The van der Waals surface area contributed by atoms with Gasteiger partial charge < -0.3 is 5.32 Å². The number of benzene rings is 11. The number of rotatable bonds is 9. The van der Waals surface area contributed by atoms with Gasteiger partial charge in [-0.05, 0) is 77.3 Å². The lowest BCUT2D eigenvalue weighted by molar-refractivity contribution is 0.675. The second-order valence-electron chi connectivity index (χ2n) is 18.0. The molecule has 0 fully saturated rings. The minimum absolute atomic E-state index is 0.321. The van der Waals surface area contributed by atoms with E-state index in [1.54, 1.807) is 0 Å². The van der Waals surface area contributed by atoms with Crippen LogP contribution in [-0.2, 0) is 0 Å². The van der Waals surface area contributed by atoms with Crippen LogP contribution in [0.2, 0.25) is 0 Å². The number of nitrogens with one attached hydrogen (secondary N) is 1. The molecule has 72 heavy (non-hydrogen) atoms. The summed E-state index contributed by atoms with van der Waals surface area (Å²) in [5.74, 6) is 3.36. The van der Waals surface area contributed by atoms with Crippen molar-refractivity contribution in [1.82, 2.24) is 20.3 Å². The molecule has 6 nitrogen and oxygen atoms in total. The standard InChI is InChI=1S/C66H44N6/c1-4-19-48(20-5-1)61-67-62(49-21-6-2-7-22-49)69-64(68-61)51-33-29-46(30-34-51)57-40-38-44-17-12-14-26-55(44)59(57)60-56-27-15-13-18-45(56)39-41-58(60)47-31-35-52(36-32-47)65-70-63(50-23-8-3-9-24-50)71-66(72-65)54-37-28-43-16-10-11-25-53(43)42-54/h1-42,66H,(H,70,71,72). The monoisotopic (exact) mass is 920 g/mol. The van der Waals surface area contributed by atoms with Crippen molar-refractivity contribution in [2.45, 2.75) is 6.17 Å². The summed E-state index contributed by atoms with van der Waals surface area (Å²) in [7, 11) is 0. The van der Waals surface area contributed by atoms with Crippen LogP contribution in [0.15, 0.2) is 265 Å². The molecule has 13 rings (SSSR count). The molecule has 1 aliphatic rings. The van der Waals surface area contributed by atoms with Crippen molar-refractivity contribution < 1.29 is 0 Å². The fraction of sp³-hybridized carbons (Fsp3) is 0.0152. The third kappa shape index (κ3) is 8.07. The maximum atomic E-state index is 5.16. The number of aromatic nitrogens is 3. The van der Waals surface area contributed by atoms with Crippen LogP contribution in [0, 0.1) is 0 Å². The van der Waals surface area contributed by atoms with E-state index >= 15 is 0 Å². The summed E-state index contributed by atoms with van der Waals surface area (Å²) in [6.45, 7) is 0. The second-order valence-corrected chi connectivity index (χ2v) is 18.0. The summed E-state index contributed by atoms with van der Waals surface area (Å²) in [6.07, 6.45) is -0.321. The normalized spacial score (nSPS) is 13.4. The SMILES string of the molecule is c1ccc(C2=NC(c3ccc4ccccc4c3)NC(c3ccc(-c4ccc5ccccc5c4-c4c(-c5ccc(-c6nc(-c7ccccc7)nc(-c7ccccc7)n6)cc5)ccc5ccccc45)cc3)=N2)cc1. The third-order valence-electron chi connectivity index (χ3n) is 13.6. The molecule has 1 atom stereocenters. The van der Waals surface area contributed by atoms with E-state index in [4.69, 9.17) is 24.9 Å². The number of hydrogen-bond acceptors (Lipinski definition) is 6. The summed E-state index contributed by atoms with van der Waals surface area (Å²) in [5.41, 5.74) is 12.6. The molecule has 1 aliphatic heterocycles. The zero-order valence-corrected chi connectivity index (χ0v) is 39.1. The molecule has 1 N–H and O–H groups in total. The van der Waals surface area contributed by atoms with Crippen LogP contribution in [0.25, 0.3) is 99.9 Å². The molecule has 0 spiro atoms. The Morgan fingerprint density at radius 2 is 0.708 bits per heavy atom. The van der Waals surface area contributed by atoms with Gasteiger partial charge in [0.05, 0.1) is 0 Å². The number of aliphatic imine (C=N–C) groups is 2. The van der Waals surface area contributed by atoms with Crippen LogP contribution in [0.1, 0.15) is 22.9 Å². The van der Waals surface area contributed by atoms with Crippen LogP contribution in [0.4, 0.5) is 0 Å². The Morgan fingerprint density at radius 1 is 0.306 bits per heavy atom. The van der Waals surface area contributed by atoms with E-state index in [0.717, 1.165) is 61.5 Å². The molecule has 0 radical (unpaired) electrons. The Kier molecular flexibility index (Phi) is 10.8. The fourth-order valence-electron chi connectivity index (χ4n) is 9.97. The van der Waals surface area contributed by atoms with Gasteiger partial charge in [-0.3, -0.25) is 0 Å². The van der Waals surface area contributed by atoms with Gasteiger partial charge in [0, 0.05) is 27.8 Å². The van der Waals surface area contributed by atoms with E-state index < -0.39 is 0 Å². The maximum Gasteiger partial charge on any atom is 0.164 e. The first-order valence-corrected chi connectivity index (χ1v) is 24.3. The van der Waals surface area contributed by atoms with Crippen molar-refractivity contribution in [1.29, 1.82) is 0 Å². The topological polar surface area (TPSA) is 75.4 Å². The highest BCUT2D eigenvalue weighted by Crippen LogP contribution is 2.46. The van der Waals surface area contributed by atoms with Crippen LogP contribution < -0.4 is 5.32 Å². The van der Waals surface area contributed by atoms with E-state index in [0.29, 0.717) is 23.3 Å². The molecule has 0 amide bonds. The van der Waals surface area contributed by atoms with Gasteiger partial charge in [0.1, 0.15) is 12.0 Å². The number of amidine groups is 2. The lowest BCUT2D eigenvalue weighted by atomic mass is 9.83. The van der Waals surface area contributed by atoms with Gasteiger partial charge in [-0.2, -0.15) is 0 Å². The molecular formula is C66H44N6. The first-order chi connectivity index (χ1) is 35.7. The average molecular weight is 921 g/mol. The van der Waals surface area contributed by atoms with Gasteiger partial charge in [0.2, 0.25) is 0 Å². The van der Waals surface area contributed by atoms with Crippen LogP contribution in [0.3, 0.4) is 0 Å². The van der Waals surface area contributed by atoms with E-state index in [2.05, 4.69) is 181 Å². The molecule has 11 aromatic carbocycles. The first kappa shape index (κ1) is 42.5. The lowest BCUT2D eigenvalue weighted by Gasteiger charge is -2.24. The van der Waals surface area contributed by atoms with Gasteiger partial charge in [-0.1, -0.05) is 249 Å². The van der Waals surface area contributed by atoms with E-state index in [1.165, 1.54) is 43.4 Å². The average Bonchev–Trinajstić information content (AvgIpc) is 3.47. The minimum atomic E-state index is -0.321. The van der Waals surface area contributed by atoms with Crippen LogP contribution >= 0.6 is 0 Å². The Morgan fingerprint density at radius 3 is 1.24 bits per heavy atom. The zero-order chi connectivity index (χ0) is 47.8. The Hall–Kier alpha value is -9.65. The quantitative estimate of drug-likeness (QED) is 0.156. The lowest BCUT2D eigenvalue weighted by Crippen LogP contribution is -2.33. The highest BCUT2D eigenvalue weighted by molar-refractivity contribution is 6.16. The van der Waals surface area contributed by atoms with Gasteiger partial charge in [0.15, 0.2) is 23.3 Å². The molecule has 1 unspecified atom stereocenters. The third-order valence-corrected chi connectivity index (χ3v) is 13.6. The number of nitrogens with zero attached hydrogens (tertiary/aromatic N) is 5. The van der Waals surface area contributed by atoms with Crippen molar-refractivity contribution in [3.63, 3.8) is 0 Å². The molecule has 0 saturated heterocycles. The zero-order valence-electron chi connectivity index (χ0n) is 39.1. The summed E-state index contributed by atoms with van der Waals surface area (Å²) >= 11 is 0. The summed E-state index contributed by atoms with van der Waals surface area (Å²) in [6, 6.07) is 89.4. The van der Waals surface area contributed by atoms with Crippen molar-refractivity contribution in [3.05, 3.63) is 271 Å². The highest BCUT2D eigenvalue weighted by atomic mass is 15.2. The molecule has 0 bridgehead atoms. The summed E-state index contributed by atoms with van der Waals surface area (Å²) in [5, 5.41) is 10.8. The molecular weight excluding hydrogens is 877 g/mol. The van der Waals surface area contributed by atoms with Crippen molar-refractivity contribution in [3.8, 4) is 67.5 Å². The van der Waals surface area contributed by atoms with Gasteiger partial charge >= 0.3 is 0 Å². The van der Waals surface area contributed by atoms with Crippen molar-refractivity contribution >= 4 is 44.0 Å². The minimum Gasteiger partial charge on any atom is -0.344 e. The van der Waals surface area contributed by atoms with Crippen molar-refractivity contribution in [2.75, 3.05) is 0 Å². The summed E-state index contributed by atoms with van der Waals surface area (Å²) < 4.78 is 0. The predicted octanol–water partition coefficient (Wildman–Crippen LogP) is 15.8. The number of hydrogen-bond donors (Lipinski definition) is 1. The molecule has 6 heteroatoms. The Bertz CT molecular complexity index is 3980. The van der Waals surface area contributed by atoms with Gasteiger partial charge in [0.25, 0.3) is 0 Å². The van der Waals surface area contributed by atoms with Gasteiger partial charge in [-0.25, -0.2) is 24.9 Å². The summed E-state index contributed by atoms with van der Waals surface area (Å²) in [4.78, 5) is 25.3. The smallest absolute Gasteiger partial charge is 0.164 e. The molecule has 0 saturated carbocycles. The molecule has 12 aromatic rings. The molecule has 338 valence electrons. The molecule has 2 heterocycles. The second kappa shape index (κ2) is 18.3. The fourth-order valence-corrected chi connectivity index (χ4v) is 9.97. The Labute approximate surface area is 417 Å². The van der Waals surface area contributed by atoms with Crippen LogP contribution in [-0.4, -0.2) is 26.6 Å².